The van der Waals surface area contributed by atoms with Crippen molar-refractivity contribution < 1.29 is 48.8 Å². The van der Waals surface area contributed by atoms with Crippen molar-refractivity contribution in [1.82, 2.24) is 0 Å². The minimum atomic E-state index is -3.87. The number of aliphatic hydroxyl groups is 2. The molecule has 0 aromatic heterocycles. The molecule has 206 valence electrons. The maximum absolute atomic E-state index is 12.7. The second-order valence-corrected chi connectivity index (χ2v) is 12.7. The molecule has 0 spiro atoms. The summed E-state index contributed by atoms with van der Waals surface area (Å²) in [6, 6.07) is 11.6. The SMILES string of the molecule is CC(C)O.CC(C)O.Cc1ccc(S(=O)(=O)[N-][C@@H]2CCCC[C@H]2[N-]S(=O)(=O)c2ccc(C)cc2)cc1.[Ti+2]. The number of hydrogen-bond donors (Lipinski definition) is 2. The molecule has 2 aromatic rings. The number of aliphatic hydroxyl groups excluding tert-OH is 2. The average molecular weight is 589 g/mol. The van der Waals surface area contributed by atoms with Gasteiger partial charge in [0, 0.05) is 22.0 Å². The van der Waals surface area contributed by atoms with Crippen LogP contribution in [0.4, 0.5) is 0 Å². The Morgan fingerprint density at radius 1 is 0.649 bits per heavy atom. The molecule has 0 unspecified atom stereocenters. The third kappa shape index (κ3) is 14.0. The van der Waals surface area contributed by atoms with Crippen molar-refractivity contribution in [3.05, 3.63) is 69.1 Å². The summed E-state index contributed by atoms with van der Waals surface area (Å²) >= 11 is 0. The molecule has 0 aliphatic heterocycles. The molecule has 0 radical (unpaired) electrons. The fourth-order valence-electron chi connectivity index (χ4n) is 3.24. The Labute approximate surface area is 238 Å². The van der Waals surface area contributed by atoms with Gasteiger partial charge in [0.1, 0.15) is 20.0 Å². The summed E-state index contributed by atoms with van der Waals surface area (Å²) in [7, 11) is -7.73. The molecule has 0 bridgehead atoms. The van der Waals surface area contributed by atoms with Gasteiger partial charge in [-0.05, 0) is 65.8 Å². The first-order chi connectivity index (χ1) is 16.6. The molecule has 8 nitrogen and oxygen atoms in total. The van der Waals surface area contributed by atoms with Gasteiger partial charge in [-0.1, -0.05) is 61.1 Å². The summed E-state index contributed by atoms with van der Waals surface area (Å²) in [6.45, 7) is 10.6. The van der Waals surface area contributed by atoms with Crippen molar-refractivity contribution in [2.75, 3.05) is 0 Å². The van der Waals surface area contributed by atoms with Crippen LogP contribution in [0.3, 0.4) is 0 Å². The summed E-state index contributed by atoms with van der Waals surface area (Å²) in [6.07, 6.45) is 2.27. The van der Waals surface area contributed by atoms with Gasteiger partial charge in [-0.2, -0.15) is 0 Å². The van der Waals surface area contributed by atoms with Gasteiger partial charge in [0.15, 0.2) is 0 Å². The van der Waals surface area contributed by atoms with Gasteiger partial charge in [0.25, 0.3) is 0 Å². The van der Waals surface area contributed by atoms with Crippen LogP contribution in [0.1, 0.15) is 64.5 Å². The summed E-state index contributed by atoms with van der Waals surface area (Å²) in [4.78, 5) is 0.229. The number of rotatable bonds is 6. The monoisotopic (exact) mass is 588 g/mol. The zero-order valence-corrected chi connectivity index (χ0v) is 25.7. The quantitative estimate of drug-likeness (QED) is 0.445. The maximum atomic E-state index is 12.7. The summed E-state index contributed by atoms with van der Waals surface area (Å²) in [5.74, 6) is 0. The van der Waals surface area contributed by atoms with Crippen molar-refractivity contribution in [1.29, 1.82) is 0 Å². The molecule has 1 aliphatic carbocycles. The van der Waals surface area contributed by atoms with E-state index < -0.39 is 32.1 Å². The molecule has 0 heterocycles. The Bertz CT molecular complexity index is 1020. The first-order valence-electron chi connectivity index (χ1n) is 12.1. The number of benzene rings is 2. The molecular formula is C26H40N2O6S2Ti. The van der Waals surface area contributed by atoms with Gasteiger partial charge in [-0.15, -0.1) is 12.1 Å². The Balaban J connectivity index is 0.00000127. The van der Waals surface area contributed by atoms with Crippen LogP contribution in [0.5, 0.6) is 0 Å². The van der Waals surface area contributed by atoms with Gasteiger partial charge < -0.3 is 19.7 Å². The van der Waals surface area contributed by atoms with Crippen LogP contribution in [-0.4, -0.2) is 51.3 Å². The van der Waals surface area contributed by atoms with Crippen LogP contribution in [0.15, 0.2) is 58.3 Å². The number of hydrogen-bond acceptors (Lipinski definition) is 6. The average Bonchev–Trinajstić information content (AvgIpc) is 2.75. The smallest absolute Gasteiger partial charge is 0.543 e. The van der Waals surface area contributed by atoms with E-state index in [2.05, 4.69) is 9.44 Å². The maximum Gasteiger partial charge on any atom is 2.00 e. The van der Waals surface area contributed by atoms with Crippen molar-refractivity contribution in [2.24, 2.45) is 0 Å². The first-order valence-corrected chi connectivity index (χ1v) is 15.0. The van der Waals surface area contributed by atoms with Gasteiger partial charge in [-0.25, -0.2) is 16.8 Å². The van der Waals surface area contributed by atoms with Crippen LogP contribution < -0.4 is 0 Å². The number of aryl methyl sites for hydroxylation is 2. The molecule has 0 saturated heterocycles. The van der Waals surface area contributed by atoms with Crippen LogP contribution >= 0.6 is 0 Å². The van der Waals surface area contributed by atoms with Gasteiger partial charge >= 0.3 is 21.7 Å². The van der Waals surface area contributed by atoms with Gasteiger partial charge in [0.2, 0.25) is 0 Å². The molecule has 1 saturated carbocycles. The first kappa shape index (κ1) is 35.9. The van der Waals surface area contributed by atoms with E-state index in [1.807, 2.05) is 13.8 Å². The molecule has 37 heavy (non-hydrogen) atoms. The number of nitrogens with zero attached hydrogens (tertiary/aromatic N) is 2. The molecule has 11 heteroatoms. The van der Waals surface area contributed by atoms with Crippen LogP contribution in [0.2, 0.25) is 0 Å². The fourth-order valence-corrected chi connectivity index (χ4v) is 5.64. The molecule has 2 aromatic carbocycles. The summed E-state index contributed by atoms with van der Waals surface area (Å²) in [5, 5.41) is 16.1. The van der Waals surface area contributed by atoms with Crippen molar-refractivity contribution in [3.63, 3.8) is 0 Å². The molecular weight excluding hydrogens is 548 g/mol. The molecule has 2 atom stereocenters. The largest absolute Gasteiger partial charge is 2.00 e. The van der Waals surface area contributed by atoms with E-state index in [1.165, 1.54) is 24.3 Å². The van der Waals surface area contributed by atoms with Crippen LogP contribution in [0, 0.1) is 13.8 Å². The second kappa shape index (κ2) is 16.8. The zero-order chi connectivity index (χ0) is 27.5. The Hall–Kier alpha value is -1.11. The van der Waals surface area contributed by atoms with E-state index in [0.717, 1.165) is 24.0 Å². The van der Waals surface area contributed by atoms with E-state index in [-0.39, 0.29) is 43.7 Å². The fraction of sp³-hybridized carbons (Fsp3) is 0.538. The van der Waals surface area contributed by atoms with E-state index in [4.69, 9.17) is 10.2 Å². The molecule has 1 aliphatic rings. The third-order valence-corrected chi connectivity index (χ3v) is 7.71. The van der Waals surface area contributed by atoms with Crippen molar-refractivity contribution in [3.8, 4) is 0 Å². The second-order valence-electron chi connectivity index (χ2n) is 9.39. The molecule has 0 amide bonds. The van der Waals surface area contributed by atoms with E-state index in [0.29, 0.717) is 12.8 Å². The van der Waals surface area contributed by atoms with Crippen molar-refractivity contribution in [2.45, 2.75) is 101 Å². The van der Waals surface area contributed by atoms with E-state index in [9.17, 15) is 16.8 Å². The van der Waals surface area contributed by atoms with Gasteiger partial charge in [-0.3, -0.25) is 0 Å². The minimum absolute atomic E-state index is 0. The van der Waals surface area contributed by atoms with E-state index >= 15 is 0 Å². The third-order valence-electron chi connectivity index (χ3n) is 4.88. The minimum Gasteiger partial charge on any atom is -0.543 e. The molecule has 2 N–H and O–H groups in total. The van der Waals surface area contributed by atoms with Crippen molar-refractivity contribution >= 4 is 20.0 Å². The Morgan fingerprint density at radius 3 is 1.14 bits per heavy atom. The van der Waals surface area contributed by atoms with E-state index in [1.54, 1.807) is 52.0 Å². The predicted octanol–water partition coefficient (Wildman–Crippen LogP) is 5.21. The molecule has 1 fully saturated rings. The predicted molar refractivity (Wildman–Crippen MR) is 144 cm³/mol. The molecule has 3 rings (SSSR count). The summed E-state index contributed by atoms with van der Waals surface area (Å²) < 4.78 is 58.8. The van der Waals surface area contributed by atoms with Gasteiger partial charge in [0.05, 0.1) is 0 Å². The van der Waals surface area contributed by atoms with Crippen LogP contribution in [0.25, 0.3) is 9.44 Å². The topological polar surface area (TPSA) is 137 Å². The van der Waals surface area contributed by atoms with Crippen LogP contribution in [-0.2, 0) is 41.8 Å². The number of sulfonamides is 2. The standard InChI is InChI=1S/C20H24N2O4S2.2C3H8O.Ti/c1-15-7-11-17(12-8-15)27(23,24)21-19-5-3-4-6-20(19)22-28(25,26)18-13-9-16(2)10-14-18;2*1-3(2)4;/h7-14,19-20H,3-6H2,1-2H3;2*3-4H,1-2H3;/q-2;;;+2/t19-,20-;;;/m1.../s1. The normalized spacial score (nSPS) is 17.7. The Morgan fingerprint density at radius 2 is 0.892 bits per heavy atom. The zero-order valence-electron chi connectivity index (χ0n) is 22.5. The Kier molecular flexibility index (Phi) is 16.3. The summed E-state index contributed by atoms with van der Waals surface area (Å²) in [5.41, 5.74) is 1.90.